The molecule has 0 atom stereocenters. The Morgan fingerprint density at radius 3 is 0.152 bits per heavy atom. The van der Waals surface area contributed by atoms with E-state index in [1.54, 1.807) is 0 Å². The van der Waals surface area contributed by atoms with Crippen LogP contribution in [-0.2, 0) is 51.2 Å². The van der Waals surface area contributed by atoms with Crippen LogP contribution in [0.4, 0.5) is 0 Å². The molecule has 0 saturated carbocycles. The summed E-state index contributed by atoms with van der Waals surface area (Å²) in [5, 5.41) is 0. The van der Waals surface area contributed by atoms with Crippen LogP contribution in [0.2, 0.25) is 0 Å². The zero-order chi connectivity index (χ0) is 27.0. The average Bonchev–Trinajstić information content (AvgIpc) is 1.94. The van der Waals surface area contributed by atoms with Gasteiger partial charge in [0.1, 0.15) is 0 Å². The fourth-order valence-electron chi connectivity index (χ4n) is 0. The Hall–Kier alpha value is 2.34. The van der Waals surface area contributed by atoms with E-state index in [1.165, 1.54) is 0 Å². The van der Waals surface area contributed by atoms with E-state index in [4.69, 9.17) is 112 Å². The second-order valence-corrected chi connectivity index (χ2v) is 6.80. The Morgan fingerprint density at radius 2 is 0.152 bits per heavy atom. The minimum atomic E-state index is -4.94. The van der Waals surface area contributed by atoms with Crippen molar-refractivity contribution in [2.75, 3.05) is 0 Å². The third kappa shape index (κ3) is 6570. The first kappa shape index (κ1) is 60.1. The maximum absolute atomic E-state index is 8.49. The van der Waals surface area contributed by atoms with Crippen molar-refractivity contribution in [1.29, 1.82) is 0 Å². The monoisotopic (exact) mass is 782 g/mol. The molecule has 3 radical (unpaired) electrons. The predicted molar refractivity (Wildman–Crippen MR) is 0 cm³/mol. The molecule has 0 bridgehead atoms. The van der Waals surface area contributed by atoms with E-state index >= 15 is 0 Å². The molecule has 0 spiro atoms. The van der Waals surface area contributed by atoms with Gasteiger partial charge in [-0.3, -0.25) is 0 Å². The Morgan fingerprint density at radius 1 is 0.152 bits per heavy atom. The number of rotatable bonds is 0. The van der Waals surface area contributed by atoms with Gasteiger partial charge < -0.3 is 0 Å². The first-order chi connectivity index (χ1) is 12.0. The molecule has 219 valence electrons. The molecule has 0 N–H and O–H groups in total. The van der Waals surface area contributed by atoms with Crippen molar-refractivity contribution < 1.29 is 224 Å². The Bertz CT molecular complexity index is 222. The largest absolute Gasteiger partial charge is 2.00 e. The molecule has 0 heterocycles. The predicted octanol–water partition coefficient (Wildman–Crippen LogP) is -28.5. The van der Waals surface area contributed by atoms with Gasteiger partial charge in [-0.2, -0.15) is 0 Å². The number of hydrogen-bond donors (Lipinski definition) is 0. The van der Waals surface area contributed by atoms with E-state index in [2.05, 4.69) is 0 Å². The van der Waals surface area contributed by atoms with Gasteiger partial charge in [-0.15, -0.1) is 61.5 Å². The molecular formula is Cl6Cu3O24. The molecule has 0 aromatic heterocycles. The molecule has 0 aromatic carbocycles. The first-order valence-electron chi connectivity index (χ1n) is 3.70. The summed E-state index contributed by atoms with van der Waals surface area (Å²) in [5.74, 6) is 0. The normalized spacial score (nSPS) is 10.9. The van der Waals surface area contributed by atoms with Gasteiger partial charge in [0.15, 0.2) is 0 Å². The van der Waals surface area contributed by atoms with Crippen LogP contribution in [0.1, 0.15) is 0 Å². The summed E-state index contributed by atoms with van der Waals surface area (Å²) in [6.07, 6.45) is 0. The van der Waals surface area contributed by atoms with Crippen LogP contribution in [0, 0.1) is 61.5 Å². The maximum atomic E-state index is 8.49. The van der Waals surface area contributed by atoms with Crippen LogP contribution in [0.15, 0.2) is 0 Å². The molecule has 0 fully saturated rings. The third-order valence-corrected chi connectivity index (χ3v) is 0. The van der Waals surface area contributed by atoms with Gasteiger partial charge in [-0.1, -0.05) is 0 Å². The van der Waals surface area contributed by atoms with E-state index in [0.717, 1.165) is 0 Å². The van der Waals surface area contributed by atoms with Gasteiger partial charge in [0.05, 0.1) is 0 Å². The van der Waals surface area contributed by atoms with Crippen molar-refractivity contribution in [3.8, 4) is 0 Å². The van der Waals surface area contributed by atoms with Crippen molar-refractivity contribution in [2.45, 2.75) is 0 Å². The summed E-state index contributed by atoms with van der Waals surface area (Å²) in [6.45, 7) is 0. The zero-order valence-electron chi connectivity index (χ0n) is 13.0. The van der Waals surface area contributed by atoms with Crippen LogP contribution in [0.5, 0.6) is 0 Å². The minimum absolute atomic E-state index is 0. The van der Waals surface area contributed by atoms with Crippen molar-refractivity contribution in [2.24, 2.45) is 0 Å². The summed E-state index contributed by atoms with van der Waals surface area (Å²) in [4.78, 5) is 0. The molecule has 0 aliphatic rings. The van der Waals surface area contributed by atoms with Crippen LogP contribution in [0.25, 0.3) is 0 Å². The van der Waals surface area contributed by atoms with Crippen LogP contribution < -0.4 is 112 Å². The Balaban J connectivity index is -0.0000000294. The van der Waals surface area contributed by atoms with E-state index < -0.39 is 61.5 Å². The van der Waals surface area contributed by atoms with Gasteiger partial charge >= 0.3 is 51.2 Å². The topological polar surface area (TPSA) is 553 Å². The molecule has 0 rings (SSSR count). The molecule has 0 amide bonds. The van der Waals surface area contributed by atoms with Gasteiger partial charge in [-0.25, -0.2) is 112 Å². The van der Waals surface area contributed by atoms with E-state index in [9.17, 15) is 0 Å². The van der Waals surface area contributed by atoms with Crippen molar-refractivity contribution in [1.82, 2.24) is 0 Å². The van der Waals surface area contributed by atoms with Crippen LogP contribution in [-0.4, -0.2) is 0 Å². The summed E-state index contributed by atoms with van der Waals surface area (Å²) in [5.41, 5.74) is 0. The summed E-state index contributed by atoms with van der Waals surface area (Å²) < 4.78 is 204. The van der Waals surface area contributed by atoms with Crippen molar-refractivity contribution in [3.63, 3.8) is 0 Å². The smallest absolute Gasteiger partial charge is 0.222 e. The minimum Gasteiger partial charge on any atom is -0.222 e. The fraction of sp³-hybridized carbons (Fsp3) is 0. The van der Waals surface area contributed by atoms with Gasteiger partial charge in [-0.05, 0) is 0 Å². The summed E-state index contributed by atoms with van der Waals surface area (Å²) in [7, 11) is -29.7. The molecule has 24 nitrogen and oxygen atoms in total. The van der Waals surface area contributed by atoms with Crippen molar-refractivity contribution >= 4 is 0 Å². The number of halogens is 6. The SMILES string of the molecule is [Cu+2].[Cu+2].[Cu+2].[O-][Cl+3]([O-])([O-])[O-].[O-][Cl+3]([O-])([O-])[O-].[O-][Cl+3]([O-])([O-])[O-].[O-][Cl+3]([O-])([O-])[O-].[O-][Cl+3]([O-])([O-])[O-].[O-][Cl+3]([O-])([O-])[O-]. The first-order valence-corrected chi connectivity index (χ1v) is 11.1. The standard InChI is InChI=1S/6ClHO4.3Cu/c6*2-1(3,4)5;;;/h6*(H,2,3,4,5);;;/q;;;;;;3*+2/p-6. The Labute approximate surface area is 223 Å². The quantitative estimate of drug-likeness (QED) is 0.206. The van der Waals surface area contributed by atoms with Gasteiger partial charge in [0, 0.05) is 0 Å². The fourth-order valence-corrected chi connectivity index (χ4v) is 0. The van der Waals surface area contributed by atoms with Gasteiger partial charge in [0.25, 0.3) is 0 Å². The molecule has 0 saturated heterocycles. The third-order valence-electron chi connectivity index (χ3n) is 0. The van der Waals surface area contributed by atoms with E-state index in [1.807, 2.05) is 0 Å². The number of hydrogen-bond acceptors (Lipinski definition) is 24. The Kier molecular flexibility index (Phi) is 47.3. The molecular weight excluding hydrogens is 787 g/mol. The molecule has 0 aromatic rings. The summed E-state index contributed by atoms with van der Waals surface area (Å²) in [6, 6.07) is 0. The zero-order valence-corrected chi connectivity index (χ0v) is 20.3. The molecule has 0 unspecified atom stereocenters. The second kappa shape index (κ2) is 26.0. The molecule has 33 heavy (non-hydrogen) atoms. The van der Waals surface area contributed by atoms with Gasteiger partial charge in [0.2, 0.25) is 0 Å². The van der Waals surface area contributed by atoms with Crippen LogP contribution >= 0.6 is 0 Å². The summed E-state index contributed by atoms with van der Waals surface area (Å²) >= 11 is 0. The van der Waals surface area contributed by atoms with E-state index in [0.29, 0.717) is 0 Å². The van der Waals surface area contributed by atoms with E-state index in [-0.39, 0.29) is 51.2 Å². The average molecular weight is 787 g/mol. The maximum Gasteiger partial charge on any atom is 2.00 e. The van der Waals surface area contributed by atoms with Crippen LogP contribution in [0.3, 0.4) is 0 Å². The molecule has 0 aliphatic carbocycles. The van der Waals surface area contributed by atoms with Crippen molar-refractivity contribution in [3.05, 3.63) is 0 Å². The molecule has 0 aliphatic heterocycles. The molecule has 33 heteroatoms. The second-order valence-electron chi connectivity index (χ2n) is 2.27.